The highest BCUT2D eigenvalue weighted by Gasteiger charge is 2.23. The minimum atomic E-state index is -0.378. The van der Waals surface area contributed by atoms with E-state index in [0.717, 1.165) is 74.6 Å². The Morgan fingerprint density at radius 2 is 0.929 bits per heavy atom. The van der Waals surface area contributed by atoms with Gasteiger partial charge >= 0.3 is 0 Å². The Balaban J connectivity index is 1.05. The number of amidine groups is 2. The fourth-order valence-corrected chi connectivity index (χ4v) is 7.09. The number of nitrogens with one attached hydrogen (secondary N) is 1. The van der Waals surface area contributed by atoms with Gasteiger partial charge in [-0.2, -0.15) is 0 Å². The van der Waals surface area contributed by atoms with Crippen molar-refractivity contribution in [3.63, 3.8) is 0 Å². The van der Waals surface area contributed by atoms with Crippen LogP contribution in [0.5, 0.6) is 0 Å². The summed E-state index contributed by atoms with van der Waals surface area (Å²) in [4.78, 5) is 25.2. The van der Waals surface area contributed by atoms with Gasteiger partial charge in [0.05, 0.1) is 0 Å². The van der Waals surface area contributed by atoms with Crippen LogP contribution in [0.25, 0.3) is 56.4 Å². The van der Waals surface area contributed by atoms with Gasteiger partial charge in [0.25, 0.3) is 0 Å². The first-order chi connectivity index (χ1) is 27.5. The van der Waals surface area contributed by atoms with Crippen molar-refractivity contribution in [1.29, 1.82) is 0 Å². The van der Waals surface area contributed by atoms with Gasteiger partial charge in [0.15, 0.2) is 23.6 Å². The van der Waals surface area contributed by atoms with Gasteiger partial charge in [-0.05, 0) is 78.3 Å². The molecule has 2 heterocycles. The lowest BCUT2D eigenvalue weighted by Crippen LogP contribution is -2.36. The normalized spacial score (nSPS) is 15.2. The molecule has 0 spiro atoms. The summed E-state index contributed by atoms with van der Waals surface area (Å²) in [7, 11) is 0. The van der Waals surface area contributed by atoms with Crippen molar-refractivity contribution in [3.8, 4) is 56.4 Å². The van der Waals surface area contributed by atoms with Crippen molar-refractivity contribution in [3.05, 3.63) is 198 Å². The van der Waals surface area contributed by atoms with Crippen LogP contribution in [0.15, 0.2) is 191 Å². The van der Waals surface area contributed by atoms with E-state index >= 15 is 0 Å². The fourth-order valence-electron chi connectivity index (χ4n) is 7.09. The maximum Gasteiger partial charge on any atom is 0.169 e. The van der Waals surface area contributed by atoms with Crippen molar-refractivity contribution in [2.45, 2.75) is 32.9 Å². The molecular weight excluding hydrogens is 685 g/mol. The molecule has 7 aromatic rings. The van der Waals surface area contributed by atoms with Crippen molar-refractivity contribution in [2.24, 2.45) is 9.98 Å². The molecule has 1 unspecified atom stereocenters. The summed E-state index contributed by atoms with van der Waals surface area (Å²) in [6.07, 6.45) is 6.00. The zero-order valence-electron chi connectivity index (χ0n) is 31.4. The molecule has 270 valence electrons. The first-order valence-electron chi connectivity index (χ1n) is 19.1. The molecule has 0 saturated carbocycles. The van der Waals surface area contributed by atoms with E-state index in [1.807, 2.05) is 60.7 Å². The number of aromatic nitrogens is 3. The number of hydrogen-bond donors (Lipinski definition) is 1. The molecule has 6 aromatic carbocycles. The number of allylic oxidation sites excluding steroid dienone is 3. The van der Waals surface area contributed by atoms with Gasteiger partial charge in [0, 0.05) is 22.3 Å². The maximum absolute atomic E-state index is 5.19. The summed E-state index contributed by atoms with van der Waals surface area (Å²) < 4.78 is 0. The fraction of sp³-hybridized carbons (Fsp3) is 0.100. The Kier molecular flexibility index (Phi) is 9.52. The number of hydrogen-bond acceptors (Lipinski definition) is 6. The van der Waals surface area contributed by atoms with E-state index in [0.29, 0.717) is 17.5 Å². The Morgan fingerprint density at radius 3 is 1.52 bits per heavy atom. The number of nitrogens with zero attached hydrogens (tertiary/aromatic N) is 5. The molecule has 0 bridgehead atoms. The quantitative estimate of drug-likeness (QED) is 0.169. The number of aliphatic imine (C=N–C) groups is 2. The zero-order valence-corrected chi connectivity index (χ0v) is 31.4. The van der Waals surface area contributed by atoms with E-state index < -0.39 is 0 Å². The summed E-state index contributed by atoms with van der Waals surface area (Å²) >= 11 is 0. The number of aryl methyl sites for hydroxylation is 1. The van der Waals surface area contributed by atoms with Crippen molar-refractivity contribution >= 4 is 11.7 Å². The van der Waals surface area contributed by atoms with Crippen LogP contribution in [0, 0.1) is 6.92 Å². The van der Waals surface area contributed by atoms with Gasteiger partial charge in [-0.25, -0.2) is 24.9 Å². The molecule has 56 heavy (non-hydrogen) atoms. The van der Waals surface area contributed by atoms with Crippen LogP contribution in [0.4, 0.5) is 0 Å². The van der Waals surface area contributed by atoms with Crippen molar-refractivity contribution < 1.29 is 0 Å². The van der Waals surface area contributed by atoms with Crippen LogP contribution >= 0.6 is 0 Å². The van der Waals surface area contributed by atoms with Gasteiger partial charge in [0.2, 0.25) is 0 Å². The molecule has 1 atom stereocenters. The number of benzene rings is 6. The molecular formula is C50H40N6. The summed E-state index contributed by atoms with van der Waals surface area (Å²) in [6.45, 7) is 4.29. The van der Waals surface area contributed by atoms with Gasteiger partial charge in [-0.1, -0.05) is 163 Å². The third kappa shape index (κ3) is 7.50. The van der Waals surface area contributed by atoms with Gasteiger partial charge in [0.1, 0.15) is 11.7 Å². The van der Waals surface area contributed by atoms with Gasteiger partial charge in [-0.3, -0.25) is 0 Å². The summed E-state index contributed by atoms with van der Waals surface area (Å²) in [5.74, 6) is 3.64. The third-order valence-electron chi connectivity index (χ3n) is 10.3. The highest BCUT2D eigenvalue weighted by atomic mass is 15.2. The molecule has 0 saturated heterocycles. The first kappa shape index (κ1) is 34.7. The van der Waals surface area contributed by atoms with E-state index in [-0.39, 0.29) is 6.17 Å². The predicted molar refractivity (Wildman–Crippen MR) is 229 cm³/mol. The molecule has 1 N–H and O–H groups in total. The van der Waals surface area contributed by atoms with E-state index in [1.165, 1.54) is 16.7 Å². The maximum atomic E-state index is 5.19. The van der Waals surface area contributed by atoms with Crippen molar-refractivity contribution in [1.82, 2.24) is 20.3 Å². The highest BCUT2D eigenvalue weighted by Crippen LogP contribution is 2.33. The molecule has 1 aromatic heterocycles. The Hall–Kier alpha value is -7.05. The topological polar surface area (TPSA) is 75.4 Å². The minimum Gasteiger partial charge on any atom is -0.325 e. The molecule has 0 radical (unpaired) electrons. The summed E-state index contributed by atoms with van der Waals surface area (Å²) in [6, 6.07) is 54.4. The minimum absolute atomic E-state index is 0.378. The Bertz CT molecular complexity index is 2620. The van der Waals surface area contributed by atoms with E-state index in [1.54, 1.807) is 0 Å². The standard InChI is InChI=1S/C50H40N6/c1-33-22-26-37(27-23-33)47-52-48(38-28-24-34(2)25-29-38)56-50(55-47)44-21-11-19-42(32-44)40-17-9-16-39(30-40)41-18-10-20-43(31-41)49-53-45(35-12-5-3-6-13-35)51-46(54-49)36-14-7-4-8-15-36/h3-24,26-28,30-32,50H,25,29H2,1-2H3,(H,52,55,56). The molecule has 6 heteroatoms. The van der Waals surface area contributed by atoms with Crippen LogP contribution < -0.4 is 5.32 Å². The molecule has 1 aliphatic heterocycles. The van der Waals surface area contributed by atoms with Crippen LogP contribution in [0.1, 0.15) is 42.6 Å². The predicted octanol–water partition coefficient (Wildman–Crippen LogP) is 11.6. The average Bonchev–Trinajstić information content (AvgIpc) is 3.27. The largest absolute Gasteiger partial charge is 0.325 e. The highest BCUT2D eigenvalue weighted by molar-refractivity contribution is 6.16. The van der Waals surface area contributed by atoms with Crippen LogP contribution in [-0.2, 0) is 0 Å². The molecule has 6 nitrogen and oxygen atoms in total. The van der Waals surface area contributed by atoms with E-state index in [9.17, 15) is 0 Å². The Morgan fingerprint density at radius 1 is 0.429 bits per heavy atom. The third-order valence-corrected chi connectivity index (χ3v) is 10.3. The Labute approximate surface area is 327 Å². The van der Waals surface area contributed by atoms with Gasteiger partial charge < -0.3 is 5.32 Å². The molecule has 9 rings (SSSR count). The monoisotopic (exact) mass is 724 g/mol. The molecule has 0 fully saturated rings. The zero-order chi connectivity index (χ0) is 37.8. The average molecular weight is 725 g/mol. The molecule has 2 aliphatic rings. The second kappa shape index (κ2) is 15.4. The van der Waals surface area contributed by atoms with Crippen LogP contribution in [0.2, 0.25) is 0 Å². The van der Waals surface area contributed by atoms with E-state index in [4.69, 9.17) is 24.9 Å². The van der Waals surface area contributed by atoms with E-state index in [2.05, 4.69) is 128 Å². The number of rotatable bonds is 8. The molecule has 1 aliphatic carbocycles. The van der Waals surface area contributed by atoms with Crippen molar-refractivity contribution in [2.75, 3.05) is 0 Å². The second-order valence-corrected chi connectivity index (χ2v) is 14.4. The lowest BCUT2D eigenvalue weighted by atomic mass is 9.96. The second-order valence-electron chi connectivity index (χ2n) is 14.4. The summed E-state index contributed by atoms with van der Waals surface area (Å²) in [5, 5.41) is 3.57. The van der Waals surface area contributed by atoms with Crippen LogP contribution in [0.3, 0.4) is 0 Å². The lowest BCUT2D eigenvalue weighted by molar-refractivity contribution is 0.751. The lowest BCUT2D eigenvalue weighted by Gasteiger charge is -2.25. The van der Waals surface area contributed by atoms with Gasteiger partial charge in [-0.15, -0.1) is 0 Å². The SMILES string of the molecule is CC1=CC=C(C2=NC(c3cccc(-c4cccc(-c5cccc(-c6nc(-c7ccccc7)nc(-c7ccccc7)n6)c5)c4)c3)N=C(c3ccc(C)cc3)N2)CC1. The van der Waals surface area contributed by atoms with Crippen LogP contribution in [-0.4, -0.2) is 26.6 Å². The summed E-state index contributed by atoms with van der Waals surface area (Å²) in [5.41, 5.74) is 13.1. The molecule has 0 amide bonds. The smallest absolute Gasteiger partial charge is 0.169 e. The first-order valence-corrected chi connectivity index (χ1v) is 19.1.